The lowest BCUT2D eigenvalue weighted by Crippen LogP contribution is -2.19. The fraction of sp³-hybridized carbons (Fsp3) is 0.500. The van der Waals surface area contributed by atoms with Gasteiger partial charge in [0.1, 0.15) is 5.69 Å². The minimum absolute atomic E-state index is 0.147. The predicted molar refractivity (Wildman–Crippen MR) is 63.4 cm³/mol. The molecule has 2 N–H and O–H groups in total. The molecule has 4 heteroatoms. The molecular formula is C12H17N3O. The normalized spacial score (nSPS) is 22.6. The van der Waals surface area contributed by atoms with Crippen LogP contribution in [-0.4, -0.2) is 24.0 Å². The van der Waals surface area contributed by atoms with Crippen LogP contribution in [0.4, 0.5) is 5.69 Å². The third kappa shape index (κ3) is 2.32. The molecule has 0 radical (unpaired) electrons. The van der Waals surface area contributed by atoms with Gasteiger partial charge in [-0.3, -0.25) is 9.78 Å². The number of carbonyl (C=O) groups is 1. The monoisotopic (exact) mass is 219 g/mol. The number of nitrogens with one attached hydrogen (secondary N) is 2. The zero-order valence-electron chi connectivity index (χ0n) is 9.66. The van der Waals surface area contributed by atoms with E-state index in [1.165, 1.54) is 12.8 Å². The molecule has 1 aromatic heterocycles. The number of pyridine rings is 1. The van der Waals surface area contributed by atoms with Crippen LogP contribution in [0.25, 0.3) is 0 Å². The van der Waals surface area contributed by atoms with Crippen LogP contribution in [-0.2, 0) is 0 Å². The van der Waals surface area contributed by atoms with Crippen molar-refractivity contribution in [2.75, 3.05) is 12.4 Å². The molecule has 0 bridgehead atoms. The Kier molecular flexibility index (Phi) is 3.08. The van der Waals surface area contributed by atoms with Gasteiger partial charge in [0.15, 0.2) is 0 Å². The van der Waals surface area contributed by atoms with E-state index in [1.54, 1.807) is 19.3 Å². The summed E-state index contributed by atoms with van der Waals surface area (Å²) in [5.41, 5.74) is 1.44. The number of hydrogen-bond donors (Lipinski definition) is 2. The number of hydrogen-bond acceptors (Lipinski definition) is 3. The highest BCUT2D eigenvalue weighted by atomic mass is 16.1. The molecular weight excluding hydrogens is 202 g/mol. The highest BCUT2D eigenvalue weighted by Crippen LogP contribution is 2.35. The number of carbonyl (C=O) groups excluding carboxylic acids is 1. The molecule has 2 unspecified atom stereocenters. The molecule has 0 saturated heterocycles. The zero-order valence-corrected chi connectivity index (χ0v) is 9.66. The lowest BCUT2D eigenvalue weighted by molar-refractivity contribution is 0.0958. The number of amides is 1. The zero-order chi connectivity index (χ0) is 11.5. The van der Waals surface area contributed by atoms with Crippen molar-refractivity contribution in [2.45, 2.75) is 25.8 Å². The van der Waals surface area contributed by atoms with Crippen LogP contribution >= 0.6 is 0 Å². The van der Waals surface area contributed by atoms with Crippen molar-refractivity contribution in [3.8, 4) is 0 Å². The van der Waals surface area contributed by atoms with Gasteiger partial charge in [-0.1, -0.05) is 13.3 Å². The van der Waals surface area contributed by atoms with Crippen molar-refractivity contribution in [1.29, 1.82) is 0 Å². The Balaban J connectivity index is 2.02. The van der Waals surface area contributed by atoms with Gasteiger partial charge < -0.3 is 10.6 Å². The predicted octanol–water partition coefficient (Wildman–Crippen LogP) is 1.65. The van der Waals surface area contributed by atoms with E-state index in [-0.39, 0.29) is 5.91 Å². The van der Waals surface area contributed by atoms with E-state index < -0.39 is 0 Å². The topological polar surface area (TPSA) is 54.0 Å². The molecule has 16 heavy (non-hydrogen) atoms. The average Bonchev–Trinajstić information content (AvgIpc) is 3.07. The maximum absolute atomic E-state index is 11.4. The van der Waals surface area contributed by atoms with Crippen molar-refractivity contribution in [3.63, 3.8) is 0 Å². The van der Waals surface area contributed by atoms with Gasteiger partial charge in [0.2, 0.25) is 0 Å². The first-order chi connectivity index (χ1) is 7.74. The van der Waals surface area contributed by atoms with Crippen molar-refractivity contribution >= 4 is 11.6 Å². The van der Waals surface area contributed by atoms with Crippen molar-refractivity contribution < 1.29 is 4.79 Å². The smallest absolute Gasteiger partial charge is 0.269 e. The van der Waals surface area contributed by atoms with E-state index >= 15 is 0 Å². The maximum atomic E-state index is 11.4. The summed E-state index contributed by atoms with van der Waals surface area (Å²) in [4.78, 5) is 15.4. The maximum Gasteiger partial charge on any atom is 0.269 e. The molecule has 0 spiro atoms. The standard InChI is InChI=1S/C12H17N3O/c1-3-8-6-10(8)15-9-4-5-14-11(7-9)12(16)13-2/h4-5,7-8,10H,3,6H2,1-2H3,(H,13,16)(H,14,15). The molecule has 1 fully saturated rings. The van der Waals surface area contributed by atoms with Crippen LogP contribution in [0.1, 0.15) is 30.3 Å². The van der Waals surface area contributed by atoms with Crippen LogP contribution in [0.2, 0.25) is 0 Å². The van der Waals surface area contributed by atoms with Crippen molar-refractivity contribution in [3.05, 3.63) is 24.0 Å². The fourth-order valence-electron chi connectivity index (χ4n) is 1.86. The van der Waals surface area contributed by atoms with Crippen LogP contribution < -0.4 is 10.6 Å². The van der Waals surface area contributed by atoms with Gasteiger partial charge in [-0.2, -0.15) is 0 Å². The van der Waals surface area contributed by atoms with E-state index in [0.717, 1.165) is 11.6 Å². The van der Waals surface area contributed by atoms with Gasteiger partial charge in [0, 0.05) is 25.0 Å². The summed E-state index contributed by atoms with van der Waals surface area (Å²) >= 11 is 0. The molecule has 2 rings (SSSR count). The Labute approximate surface area is 95.5 Å². The Morgan fingerprint density at radius 1 is 1.62 bits per heavy atom. The second-order valence-electron chi connectivity index (χ2n) is 4.16. The third-order valence-electron chi connectivity index (χ3n) is 3.02. The van der Waals surface area contributed by atoms with Crippen LogP contribution in [0, 0.1) is 5.92 Å². The number of rotatable bonds is 4. The van der Waals surface area contributed by atoms with E-state index in [4.69, 9.17) is 0 Å². The summed E-state index contributed by atoms with van der Waals surface area (Å²) < 4.78 is 0. The van der Waals surface area contributed by atoms with E-state index in [9.17, 15) is 4.79 Å². The molecule has 1 aliphatic rings. The average molecular weight is 219 g/mol. The van der Waals surface area contributed by atoms with Gasteiger partial charge in [-0.05, 0) is 24.5 Å². The van der Waals surface area contributed by atoms with Gasteiger partial charge in [-0.25, -0.2) is 0 Å². The second-order valence-corrected chi connectivity index (χ2v) is 4.16. The molecule has 0 aromatic carbocycles. The molecule has 1 amide bonds. The molecule has 4 nitrogen and oxygen atoms in total. The third-order valence-corrected chi connectivity index (χ3v) is 3.02. The number of anilines is 1. The summed E-state index contributed by atoms with van der Waals surface area (Å²) in [7, 11) is 1.61. The molecule has 0 aliphatic heterocycles. The molecule has 1 heterocycles. The Hall–Kier alpha value is -1.58. The summed E-state index contributed by atoms with van der Waals surface area (Å²) in [6, 6.07) is 4.27. The Bertz CT molecular complexity index is 392. The largest absolute Gasteiger partial charge is 0.382 e. The quantitative estimate of drug-likeness (QED) is 0.809. The highest BCUT2D eigenvalue weighted by Gasteiger charge is 2.35. The first-order valence-corrected chi connectivity index (χ1v) is 5.69. The lowest BCUT2D eigenvalue weighted by Gasteiger charge is -2.06. The van der Waals surface area contributed by atoms with E-state index in [0.29, 0.717) is 11.7 Å². The Morgan fingerprint density at radius 3 is 3.06 bits per heavy atom. The number of nitrogens with zero attached hydrogens (tertiary/aromatic N) is 1. The molecule has 2 atom stereocenters. The van der Waals surface area contributed by atoms with Gasteiger partial charge in [0.05, 0.1) is 0 Å². The fourth-order valence-corrected chi connectivity index (χ4v) is 1.86. The van der Waals surface area contributed by atoms with E-state index in [1.807, 2.05) is 6.07 Å². The SMILES string of the molecule is CCC1CC1Nc1ccnc(C(=O)NC)c1. The second kappa shape index (κ2) is 4.51. The first-order valence-electron chi connectivity index (χ1n) is 5.69. The van der Waals surface area contributed by atoms with Crippen molar-refractivity contribution in [2.24, 2.45) is 5.92 Å². The number of aromatic nitrogens is 1. The molecule has 86 valence electrons. The Morgan fingerprint density at radius 2 is 2.44 bits per heavy atom. The summed E-state index contributed by atoms with van der Waals surface area (Å²) in [5, 5.41) is 5.98. The van der Waals surface area contributed by atoms with E-state index in [2.05, 4.69) is 22.5 Å². The summed E-state index contributed by atoms with van der Waals surface area (Å²) in [5.74, 6) is 0.642. The molecule has 1 saturated carbocycles. The van der Waals surface area contributed by atoms with Gasteiger partial charge in [-0.15, -0.1) is 0 Å². The minimum atomic E-state index is -0.147. The highest BCUT2D eigenvalue weighted by molar-refractivity contribution is 5.92. The van der Waals surface area contributed by atoms with Crippen LogP contribution in [0.3, 0.4) is 0 Å². The lowest BCUT2D eigenvalue weighted by atomic mass is 10.3. The molecule has 1 aliphatic carbocycles. The molecule has 1 aromatic rings. The van der Waals surface area contributed by atoms with Gasteiger partial charge >= 0.3 is 0 Å². The van der Waals surface area contributed by atoms with Gasteiger partial charge in [0.25, 0.3) is 5.91 Å². The van der Waals surface area contributed by atoms with Crippen molar-refractivity contribution in [1.82, 2.24) is 10.3 Å². The summed E-state index contributed by atoms with van der Waals surface area (Å²) in [6.45, 7) is 2.20. The first kappa shape index (κ1) is 10.9. The van der Waals surface area contributed by atoms with Crippen LogP contribution in [0.15, 0.2) is 18.3 Å². The van der Waals surface area contributed by atoms with Crippen LogP contribution in [0.5, 0.6) is 0 Å². The summed E-state index contributed by atoms with van der Waals surface area (Å²) in [6.07, 6.45) is 4.11. The minimum Gasteiger partial charge on any atom is -0.382 e.